The molecule has 0 heterocycles. The van der Waals surface area contributed by atoms with Crippen LogP contribution in [0, 0.1) is 0 Å². The fraction of sp³-hybridized carbons (Fsp3) is 0.400. The third-order valence-corrected chi connectivity index (χ3v) is 2.33. The minimum atomic E-state index is -4.35. The Labute approximate surface area is 85.3 Å². The maximum absolute atomic E-state index is 12.6. The molecule has 0 aromatic heterocycles. The van der Waals surface area contributed by atoms with E-state index in [9.17, 15) is 13.2 Å². The topological polar surface area (TPSA) is 38.0 Å². The maximum Gasteiger partial charge on any atom is 0.418 e. The van der Waals surface area contributed by atoms with E-state index in [1.165, 1.54) is 12.1 Å². The molecule has 1 aromatic carbocycles. The van der Waals surface area contributed by atoms with Gasteiger partial charge in [0.25, 0.3) is 0 Å². The van der Waals surface area contributed by atoms with E-state index in [-0.39, 0.29) is 17.4 Å². The summed E-state index contributed by atoms with van der Waals surface area (Å²) in [6.07, 6.45) is -2.54. The van der Waals surface area contributed by atoms with Gasteiger partial charge in [-0.05, 0) is 25.0 Å². The van der Waals surface area contributed by atoms with Gasteiger partial charge in [-0.25, -0.2) is 0 Å². The molecule has 5 heteroatoms. The van der Waals surface area contributed by atoms with Crippen LogP contribution >= 0.6 is 0 Å². The van der Waals surface area contributed by atoms with E-state index in [0.29, 0.717) is 0 Å². The molecule has 0 atom stereocenters. The number of alkyl halides is 3. The maximum atomic E-state index is 12.6. The second-order valence-corrected chi connectivity index (χ2v) is 3.69. The molecule has 1 aromatic rings. The van der Waals surface area contributed by atoms with E-state index in [0.717, 1.165) is 18.9 Å². The zero-order chi connectivity index (χ0) is 11.1. The number of hydrogen-bond donors (Lipinski definition) is 2. The van der Waals surface area contributed by atoms with Crippen molar-refractivity contribution in [1.29, 1.82) is 0 Å². The van der Waals surface area contributed by atoms with Crippen LogP contribution in [0.25, 0.3) is 0 Å². The van der Waals surface area contributed by atoms with Crippen LogP contribution in [0.1, 0.15) is 18.4 Å². The summed E-state index contributed by atoms with van der Waals surface area (Å²) in [5.74, 6) is 0. The summed E-state index contributed by atoms with van der Waals surface area (Å²) in [6, 6.07) is 3.98. The van der Waals surface area contributed by atoms with Crippen molar-refractivity contribution in [2.75, 3.05) is 11.1 Å². The van der Waals surface area contributed by atoms with Crippen molar-refractivity contribution < 1.29 is 13.2 Å². The summed E-state index contributed by atoms with van der Waals surface area (Å²) in [6.45, 7) is 0. The van der Waals surface area contributed by atoms with Crippen LogP contribution in [0.3, 0.4) is 0 Å². The average molecular weight is 216 g/mol. The molecule has 2 rings (SSSR count). The largest absolute Gasteiger partial charge is 0.418 e. The first kappa shape index (κ1) is 10.1. The Hall–Kier alpha value is -1.39. The second-order valence-electron chi connectivity index (χ2n) is 3.69. The highest BCUT2D eigenvalue weighted by Crippen LogP contribution is 2.39. The molecule has 0 saturated heterocycles. The van der Waals surface area contributed by atoms with Crippen molar-refractivity contribution in [2.24, 2.45) is 0 Å². The molecule has 3 N–H and O–H groups in total. The number of rotatable bonds is 2. The van der Waals surface area contributed by atoms with Crippen LogP contribution in [0.5, 0.6) is 0 Å². The van der Waals surface area contributed by atoms with Gasteiger partial charge in [-0.2, -0.15) is 13.2 Å². The summed E-state index contributed by atoms with van der Waals surface area (Å²) >= 11 is 0. The molecule has 0 aliphatic heterocycles. The predicted molar refractivity (Wildman–Crippen MR) is 52.5 cm³/mol. The Kier molecular flexibility index (Phi) is 2.25. The van der Waals surface area contributed by atoms with Gasteiger partial charge in [0.1, 0.15) is 0 Å². The molecule has 0 unspecified atom stereocenters. The third-order valence-electron chi connectivity index (χ3n) is 2.33. The van der Waals surface area contributed by atoms with Gasteiger partial charge in [0, 0.05) is 6.04 Å². The summed E-state index contributed by atoms with van der Waals surface area (Å²) < 4.78 is 37.8. The van der Waals surface area contributed by atoms with E-state index in [1.54, 1.807) is 0 Å². The lowest BCUT2D eigenvalue weighted by Crippen LogP contribution is -2.13. The lowest BCUT2D eigenvalue weighted by Gasteiger charge is -2.15. The highest BCUT2D eigenvalue weighted by atomic mass is 19.4. The summed E-state index contributed by atoms with van der Waals surface area (Å²) in [5.41, 5.74) is 5.02. The van der Waals surface area contributed by atoms with E-state index in [1.807, 2.05) is 0 Å². The van der Waals surface area contributed by atoms with Crippen molar-refractivity contribution in [3.63, 3.8) is 0 Å². The second kappa shape index (κ2) is 3.32. The molecule has 1 saturated carbocycles. The fourth-order valence-electron chi connectivity index (χ4n) is 1.40. The Morgan fingerprint density at radius 2 is 1.93 bits per heavy atom. The monoisotopic (exact) mass is 216 g/mol. The normalized spacial score (nSPS) is 16.5. The molecule has 0 amide bonds. The lowest BCUT2D eigenvalue weighted by atomic mass is 10.1. The van der Waals surface area contributed by atoms with Gasteiger partial charge in [0.05, 0.1) is 16.9 Å². The zero-order valence-corrected chi connectivity index (χ0v) is 7.93. The molecular weight excluding hydrogens is 205 g/mol. The Morgan fingerprint density at radius 3 is 2.47 bits per heavy atom. The highest BCUT2D eigenvalue weighted by Gasteiger charge is 2.35. The molecule has 1 aliphatic carbocycles. The first-order valence-electron chi connectivity index (χ1n) is 4.70. The average Bonchev–Trinajstić information content (AvgIpc) is 2.90. The van der Waals surface area contributed by atoms with Gasteiger partial charge in [0.15, 0.2) is 0 Å². The number of nitrogens with one attached hydrogen (secondary N) is 1. The Bertz CT molecular complexity index is 369. The SMILES string of the molecule is Nc1cccc(C(F)(F)F)c1NC1CC1. The molecule has 0 spiro atoms. The molecule has 1 fully saturated rings. The number of anilines is 2. The van der Waals surface area contributed by atoms with Gasteiger partial charge in [-0.1, -0.05) is 6.07 Å². The molecule has 1 aliphatic rings. The third kappa shape index (κ3) is 2.16. The molecule has 15 heavy (non-hydrogen) atoms. The summed E-state index contributed by atoms with van der Waals surface area (Å²) in [7, 11) is 0. The quantitative estimate of drug-likeness (QED) is 0.746. The van der Waals surface area contributed by atoms with E-state index in [2.05, 4.69) is 5.32 Å². The van der Waals surface area contributed by atoms with Crippen LogP contribution in [0.2, 0.25) is 0 Å². The minimum Gasteiger partial charge on any atom is -0.397 e. The number of nitrogens with two attached hydrogens (primary N) is 1. The number of nitrogen functional groups attached to an aromatic ring is 1. The van der Waals surface area contributed by atoms with Gasteiger partial charge < -0.3 is 11.1 Å². The highest BCUT2D eigenvalue weighted by molar-refractivity contribution is 5.71. The van der Waals surface area contributed by atoms with E-state index >= 15 is 0 Å². The van der Waals surface area contributed by atoms with E-state index in [4.69, 9.17) is 5.73 Å². The number of hydrogen-bond acceptors (Lipinski definition) is 2. The molecule has 0 radical (unpaired) electrons. The summed E-state index contributed by atoms with van der Waals surface area (Å²) in [4.78, 5) is 0. The van der Waals surface area contributed by atoms with Crippen molar-refractivity contribution in [3.8, 4) is 0 Å². The fourth-order valence-corrected chi connectivity index (χ4v) is 1.40. The smallest absolute Gasteiger partial charge is 0.397 e. The van der Waals surface area contributed by atoms with Crippen molar-refractivity contribution in [3.05, 3.63) is 23.8 Å². The van der Waals surface area contributed by atoms with Crippen molar-refractivity contribution >= 4 is 11.4 Å². The molecular formula is C10H11F3N2. The van der Waals surface area contributed by atoms with Crippen molar-refractivity contribution in [2.45, 2.75) is 25.1 Å². The first-order valence-corrected chi connectivity index (χ1v) is 4.70. The van der Waals surface area contributed by atoms with Crippen molar-refractivity contribution in [1.82, 2.24) is 0 Å². The van der Waals surface area contributed by atoms with Crippen LogP contribution in [0.4, 0.5) is 24.5 Å². The summed E-state index contributed by atoms with van der Waals surface area (Å²) in [5, 5.41) is 2.81. The number of para-hydroxylation sites is 1. The van der Waals surface area contributed by atoms with Gasteiger partial charge >= 0.3 is 6.18 Å². The molecule has 2 nitrogen and oxygen atoms in total. The van der Waals surface area contributed by atoms with E-state index < -0.39 is 11.7 Å². The number of benzene rings is 1. The number of halogens is 3. The van der Waals surface area contributed by atoms with Gasteiger partial charge in [-0.3, -0.25) is 0 Å². The first-order chi connectivity index (χ1) is 6.98. The predicted octanol–water partition coefficient (Wildman–Crippen LogP) is 2.86. The van der Waals surface area contributed by atoms with Crippen LogP contribution in [-0.4, -0.2) is 6.04 Å². The lowest BCUT2D eigenvalue weighted by molar-refractivity contribution is -0.136. The van der Waals surface area contributed by atoms with Gasteiger partial charge in [0.2, 0.25) is 0 Å². The molecule has 82 valence electrons. The van der Waals surface area contributed by atoms with Crippen LogP contribution in [0.15, 0.2) is 18.2 Å². The molecule has 0 bridgehead atoms. The zero-order valence-electron chi connectivity index (χ0n) is 7.93. The van der Waals surface area contributed by atoms with Gasteiger partial charge in [-0.15, -0.1) is 0 Å². The van der Waals surface area contributed by atoms with Crippen LogP contribution in [-0.2, 0) is 6.18 Å². The Balaban J connectivity index is 2.38. The standard InChI is InChI=1S/C10H11F3N2/c11-10(12,13)7-2-1-3-8(14)9(7)15-6-4-5-6/h1-3,6,15H,4-5,14H2. The minimum absolute atomic E-state index is 0.0208. The Morgan fingerprint density at radius 1 is 1.27 bits per heavy atom. The van der Waals surface area contributed by atoms with Crippen LogP contribution < -0.4 is 11.1 Å².